The summed E-state index contributed by atoms with van der Waals surface area (Å²) in [5.74, 6) is -1.33. The fourth-order valence-corrected chi connectivity index (χ4v) is 1.44. The normalized spacial score (nSPS) is 10.6. The van der Waals surface area contributed by atoms with Crippen LogP contribution in [0.15, 0.2) is 22.6 Å². The van der Waals surface area contributed by atoms with Crippen molar-refractivity contribution in [1.82, 2.24) is 0 Å². The van der Waals surface area contributed by atoms with Crippen molar-refractivity contribution in [3.63, 3.8) is 0 Å². The van der Waals surface area contributed by atoms with Crippen LogP contribution in [0.2, 0.25) is 0 Å². The van der Waals surface area contributed by atoms with Gasteiger partial charge < -0.3 is 15.3 Å². The molecule has 1 aromatic heterocycles. The van der Waals surface area contributed by atoms with Gasteiger partial charge in [-0.3, -0.25) is 0 Å². The Morgan fingerprint density at radius 3 is 2.79 bits per heavy atom. The number of aryl methyl sites for hydroxylation is 1. The summed E-state index contributed by atoms with van der Waals surface area (Å²) >= 11 is 0. The Labute approximate surface area is 79.9 Å². The second-order valence-electron chi connectivity index (χ2n) is 3.10. The maximum Gasteiger partial charge on any atom is 0.374 e. The van der Waals surface area contributed by atoms with E-state index in [0.717, 1.165) is 5.56 Å². The van der Waals surface area contributed by atoms with Crippen molar-refractivity contribution >= 4 is 22.6 Å². The lowest BCUT2D eigenvalue weighted by Crippen LogP contribution is -1.98. The summed E-state index contributed by atoms with van der Waals surface area (Å²) in [5, 5.41) is 9.44. The topological polar surface area (TPSA) is 76.5 Å². The quantitative estimate of drug-likeness (QED) is 0.722. The maximum atomic E-state index is 10.7. The van der Waals surface area contributed by atoms with Crippen LogP contribution >= 0.6 is 0 Å². The van der Waals surface area contributed by atoms with E-state index in [1.165, 1.54) is 0 Å². The van der Waals surface area contributed by atoms with E-state index in [4.69, 9.17) is 15.3 Å². The number of benzene rings is 1. The molecule has 72 valence electrons. The average Bonchev–Trinajstić information content (AvgIpc) is 2.46. The second kappa shape index (κ2) is 2.77. The number of hydrogen-bond acceptors (Lipinski definition) is 3. The lowest BCUT2D eigenvalue weighted by molar-refractivity contribution is 0.0666. The van der Waals surface area contributed by atoms with Gasteiger partial charge >= 0.3 is 5.97 Å². The average molecular weight is 191 g/mol. The third-order valence-corrected chi connectivity index (χ3v) is 2.15. The highest BCUT2D eigenvalue weighted by Gasteiger charge is 2.17. The molecule has 14 heavy (non-hydrogen) atoms. The van der Waals surface area contributed by atoms with Gasteiger partial charge in [-0.05, 0) is 18.6 Å². The summed E-state index contributed by atoms with van der Waals surface area (Å²) in [5.41, 5.74) is 7.25. The summed E-state index contributed by atoms with van der Waals surface area (Å²) in [6.07, 6.45) is 0. The van der Waals surface area contributed by atoms with Crippen LogP contribution in [0.3, 0.4) is 0 Å². The van der Waals surface area contributed by atoms with Crippen LogP contribution in [0.4, 0.5) is 5.69 Å². The van der Waals surface area contributed by atoms with Crippen molar-refractivity contribution in [2.24, 2.45) is 0 Å². The zero-order valence-corrected chi connectivity index (χ0v) is 7.57. The summed E-state index contributed by atoms with van der Waals surface area (Å²) in [6, 6.07) is 5.40. The van der Waals surface area contributed by atoms with E-state index in [-0.39, 0.29) is 11.4 Å². The molecular formula is C10H9NO3. The standard InChI is InChI=1S/C10H9NO3/c1-5-3-2-4-6-7(11)9(10(12)13)14-8(5)6/h2-4H,11H2,1H3,(H,12,13). The number of nitrogen functional groups attached to an aromatic ring is 1. The van der Waals surface area contributed by atoms with E-state index in [0.29, 0.717) is 11.0 Å². The second-order valence-corrected chi connectivity index (χ2v) is 3.10. The lowest BCUT2D eigenvalue weighted by atomic mass is 10.1. The molecule has 0 fully saturated rings. The number of fused-ring (bicyclic) bond motifs is 1. The molecule has 0 saturated carbocycles. The third kappa shape index (κ3) is 1.04. The van der Waals surface area contributed by atoms with Gasteiger partial charge in [-0.15, -0.1) is 0 Å². The zero-order chi connectivity index (χ0) is 10.3. The first-order valence-electron chi connectivity index (χ1n) is 4.12. The van der Waals surface area contributed by atoms with Gasteiger partial charge in [0, 0.05) is 5.39 Å². The van der Waals surface area contributed by atoms with Gasteiger partial charge in [0.15, 0.2) is 0 Å². The van der Waals surface area contributed by atoms with Gasteiger partial charge in [-0.25, -0.2) is 4.79 Å². The van der Waals surface area contributed by atoms with Crippen LogP contribution in [0, 0.1) is 6.92 Å². The van der Waals surface area contributed by atoms with E-state index in [1.807, 2.05) is 19.1 Å². The van der Waals surface area contributed by atoms with E-state index < -0.39 is 5.97 Å². The van der Waals surface area contributed by atoms with Crippen LogP contribution in [-0.2, 0) is 0 Å². The predicted molar refractivity (Wildman–Crippen MR) is 52.3 cm³/mol. The number of carboxylic acids is 1. The number of furan rings is 1. The molecule has 0 aliphatic heterocycles. The summed E-state index contributed by atoms with van der Waals surface area (Å²) in [4.78, 5) is 10.7. The maximum absolute atomic E-state index is 10.7. The number of carboxylic acid groups (broad SMARTS) is 1. The van der Waals surface area contributed by atoms with Crippen molar-refractivity contribution in [2.45, 2.75) is 6.92 Å². The Kier molecular flexibility index (Phi) is 1.70. The monoisotopic (exact) mass is 191 g/mol. The molecule has 4 heteroatoms. The van der Waals surface area contributed by atoms with Crippen LogP contribution < -0.4 is 5.73 Å². The van der Waals surface area contributed by atoms with Crippen molar-refractivity contribution in [3.8, 4) is 0 Å². The summed E-state index contributed by atoms with van der Waals surface area (Å²) < 4.78 is 5.17. The minimum absolute atomic E-state index is 0.186. The molecule has 3 N–H and O–H groups in total. The Morgan fingerprint density at radius 1 is 1.50 bits per heavy atom. The largest absolute Gasteiger partial charge is 0.475 e. The molecule has 0 radical (unpaired) electrons. The van der Waals surface area contributed by atoms with Crippen LogP contribution in [0.25, 0.3) is 11.0 Å². The molecule has 4 nitrogen and oxygen atoms in total. The molecule has 0 amide bonds. The molecule has 1 aromatic carbocycles. The van der Waals surface area contributed by atoms with Gasteiger partial charge in [-0.2, -0.15) is 0 Å². The van der Waals surface area contributed by atoms with E-state index in [1.54, 1.807) is 6.07 Å². The zero-order valence-electron chi connectivity index (χ0n) is 7.57. The first-order valence-corrected chi connectivity index (χ1v) is 4.12. The minimum atomic E-state index is -1.14. The molecule has 0 unspecified atom stereocenters. The molecule has 0 atom stereocenters. The van der Waals surface area contributed by atoms with Gasteiger partial charge in [0.2, 0.25) is 5.76 Å². The Hall–Kier alpha value is -1.97. The van der Waals surface area contributed by atoms with E-state index >= 15 is 0 Å². The van der Waals surface area contributed by atoms with Crippen LogP contribution in [0.1, 0.15) is 16.1 Å². The predicted octanol–water partition coefficient (Wildman–Crippen LogP) is 2.02. The third-order valence-electron chi connectivity index (χ3n) is 2.15. The Bertz CT molecular complexity index is 513. The van der Waals surface area contributed by atoms with Gasteiger partial charge in [0.05, 0.1) is 5.69 Å². The minimum Gasteiger partial charge on any atom is -0.475 e. The van der Waals surface area contributed by atoms with Crippen molar-refractivity contribution in [1.29, 1.82) is 0 Å². The molecule has 2 aromatic rings. The van der Waals surface area contributed by atoms with Crippen LogP contribution in [0.5, 0.6) is 0 Å². The van der Waals surface area contributed by atoms with Gasteiger partial charge in [0.25, 0.3) is 0 Å². The van der Waals surface area contributed by atoms with E-state index in [2.05, 4.69) is 0 Å². The highest BCUT2D eigenvalue weighted by Crippen LogP contribution is 2.30. The van der Waals surface area contributed by atoms with E-state index in [9.17, 15) is 4.79 Å². The molecule has 0 spiro atoms. The molecule has 0 aliphatic carbocycles. The lowest BCUT2D eigenvalue weighted by Gasteiger charge is -1.91. The summed E-state index contributed by atoms with van der Waals surface area (Å²) in [7, 11) is 0. The number of para-hydroxylation sites is 1. The molecule has 0 bridgehead atoms. The Morgan fingerprint density at radius 2 is 2.21 bits per heavy atom. The number of aromatic carboxylic acids is 1. The number of rotatable bonds is 1. The number of anilines is 1. The first-order chi connectivity index (χ1) is 6.61. The molecule has 2 rings (SSSR count). The first kappa shape index (κ1) is 8.62. The molecule has 0 aliphatic rings. The fraction of sp³-hybridized carbons (Fsp3) is 0.100. The SMILES string of the molecule is Cc1cccc2c(N)c(C(=O)O)oc12. The summed E-state index contributed by atoms with van der Waals surface area (Å²) in [6.45, 7) is 1.84. The van der Waals surface area contributed by atoms with Gasteiger partial charge in [-0.1, -0.05) is 12.1 Å². The van der Waals surface area contributed by atoms with Crippen molar-refractivity contribution < 1.29 is 14.3 Å². The fourth-order valence-electron chi connectivity index (χ4n) is 1.44. The van der Waals surface area contributed by atoms with Crippen molar-refractivity contribution in [3.05, 3.63) is 29.5 Å². The number of nitrogens with two attached hydrogens (primary N) is 1. The van der Waals surface area contributed by atoms with Gasteiger partial charge in [0.1, 0.15) is 5.58 Å². The molecule has 0 saturated heterocycles. The van der Waals surface area contributed by atoms with Crippen molar-refractivity contribution in [2.75, 3.05) is 5.73 Å². The number of hydrogen-bond donors (Lipinski definition) is 2. The number of carbonyl (C=O) groups is 1. The molecular weight excluding hydrogens is 182 g/mol. The Balaban J connectivity index is 2.86. The highest BCUT2D eigenvalue weighted by atomic mass is 16.4. The smallest absolute Gasteiger partial charge is 0.374 e. The molecule has 1 heterocycles. The van der Waals surface area contributed by atoms with Crippen LogP contribution in [-0.4, -0.2) is 11.1 Å². The highest BCUT2D eigenvalue weighted by molar-refractivity contribution is 6.03.